The van der Waals surface area contributed by atoms with Crippen molar-refractivity contribution in [2.24, 2.45) is 0 Å². The number of carbonyl (C=O) groups excluding carboxylic acids is 4. The van der Waals surface area contributed by atoms with Crippen molar-refractivity contribution in [3.05, 3.63) is 120 Å². The van der Waals surface area contributed by atoms with Gasteiger partial charge in [-0.1, -0.05) is 86.6 Å². The number of nitrogens with zero attached hydrogens (tertiary/aromatic N) is 4. The molecule has 7 rings (SSSR count). The molecule has 4 aromatic carbocycles. The first-order valence-electron chi connectivity index (χ1n) is 20.2. The van der Waals surface area contributed by atoms with Crippen molar-refractivity contribution in [2.75, 3.05) is 33.9 Å². The van der Waals surface area contributed by atoms with E-state index < -0.39 is 17.7 Å². The number of hydrogen-bond donors (Lipinski definition) is 4. The number of H-pyrrole nitrogens is 2. The van der Waals surface area contributed by atoms with Gasteiger partial charge in [0.1, 0.15) is 23.7 Å². The second-order valence-corrected chi connectivity index (χ2v) is 15.0. The molecular formula is C46H50N8O6. The van der Waals surface area contributed by atoms with Crippen molar-refractivity contribution in [3.63, 3.8) is 0 Å². The number of imidazole rings is 2. The first-order valence-corrected chi connectivity index (χ1v) is 20.2. The lowest BCUT2D eigenvalue weighted by Crippen LogP contribution is -2.60. The molecule has 0 fully saturated rings. The summed E-state index contributed by atoms with van der Waals surface area (Å²) < 4.78 is 9.52. The largest absolute Gasteiger partial charge is 0.453 e. The van der Waals surface area contributed by atoms with Gasteiger partial charge in [-0.3, -0.25) is 9.59 Å². The molecule has 0 spiro atoms. The molecule has 2 heterocycles. The second kappa shape index (κ2) is 18.3. The summed E-state index contributed by atoms with van der Waals surface area (Å²) in [5.41, 5.74) is 6.70. The van der Waals surface area contributed by atoms with Gasteiger partial charge in [-0.15, -0.1) is 0 Å². The number of benzene rings is 4. The average Bonchev–Trinajstić information content (AvgIpc) is 4.04. The van der Waals surface area contributed by atoms with Crippen LogP contribution < -0.4 is 10.6 Å². The molecule has 4 N–H and O–H groups in total. The van der Waals surface area contributed by atoms with Crippen LogP contribution in [0.2, 0.25) is 0 Å². The minimum atomic E-state index is -1.14. The lowest BCUT2D eigenvalue weighted by Gasteiger charge is -2.34. The molecule has 0 bridgehead atoms. The minimum Gasteiger partial charge on any atom is -0.453 e. The molecule has 2 aromatic heterocycles. The third-order valence-corrected chi connectivity index (χ3v) is 10.9. The van der Waals surface area contributed by atoms with E-state index in [1.54, 1.807) is 22.2 Å². The number of rotatable bonds is 15. The maximum Gasteiger partial charge on any atom is 0.407 e. The first kappa shape index (κ1) is 41.2. The third kappa shape index (κ3) is 9.17. The number of alkyl carbamates (subject to hydrolysis) is 2. The molecule has 0 saturated heterocycles. The van der Waals surface area contributed by atoms with Crippen molar-refractivity contribution in [1.82, 2.24) is 40.4 Å². The van der Waals surface area contributed by atoms with E-state index in [1.807, 2.05) is 38.1 Å². The fourth-order valence-electron chi connectivity index (χ4n) is 7.85. The van der Waals surface area contributed by atoms with Gasteiger partial charge < -0.3 is 39.9 Å². The van der Waals surface area contributed by atoms with Crippen LogP contribution in [0.25, 0.3) is 44.4 Å². The number of amides is 4. The van der Waals surface area contributed by atoms with Gasteiger partial charge in [0.15, 0.2) is 0 Å². The van der Waals surface area contributed by atoms with E-state index in [9.17, 15) is 19.2 Å². The van der Waals surface area contributed by atoms with Crippen LogP contribution >= 0.6 is 0 Å². The molecule has 0 unspecified atom stereocenters. The van der Waals surface area contributed by atoms with Gasteiger partial charge in [0.2, 0.25) is 11.8 Å². The number of carbonyl (C=O) groups is 4. The Morgan fingerprint density at radius 3 is 1.78 bits per heavy atom. The first-order chi connectivity index (χ1) is 29.1. The highest BCUT2D eigenvalue weighted by molar-refractivity contribution is 5.92. The van der Waals surface area contributed by atoms with E-state index in [-0.39, 0.29) is 24.9 Å². The van der Waals surface area contributed by atoms with Crippen LogP contribution in [0.4, 0.5) is 9.59 Å². The van der Waals surface area contributed by atoms with Gasteiger partial charge >= 0.3 is 12.2 Å². The van der Waals surface area contributed by atoms with Crippen LogP contribution in [0.5, 0.6) is 0 Å². The van der Waals surface area contributed by atoms with Crippen molar-refractivity contribution >= 4 is 34.8 Å². The quantitative estimate of drug-likeness (QED) is 0.0857. The molecule has 4 amide bonds. The molecule has 1 aliphatic rings. The fourth-order valence-corrected chi connectivity index (χ4v) is 7.85. The summed E-state index contributed by atoms with van der Waals surface area (Å²) in [6.45, 7) is 5.45. The monoisotopic (exact) mass is 810 g/mol. The number of ether oxygens (including phenoxy) is 2. The molecule has 1 aliphatic carbocycles. The van der Waals surface area contributed by atoms with Gasteiger partial charge in [-0.05, 0) is 63.6 Å². The fraction of sp³-hybridized carbons (Fsp3) is 0.304. The molecule has 0 radical (unpaired) electrons. The Morgan fingerprint density at radius 2 is 1.18 bits per heavy atom. The van der Waals surface area contributed by atoms with Crippen LogP contribution in [0.3, 0.4) is 0 Å². The second-order valence-electron chi connectivity index (χ2n) is 15.0. The third-order valence-electron chi connectivity index (χ3n) is 10.9. The number of nitrogens with one attached hydrogen (secondary N) is 4. The van der Waals surface area contributed by atoms with Crippen LogP contribution in [-0.2, 0) is 45.0 Å². The van der Waals surface area contributed by atoms with Gasteiger partial charge in [-0.2, -0.15) is 0 Å². The zero-order valence-electron chi connectivity index (χ0n) is 34.3. The van der Waals surface area contributed by atoms with E-state index in [0.717, 1.165) is 68.4 Å². The summed E-state index contributed by atoms with van der Waals surface area (Å²) in [6.07, 6.45) is 4.56. The average molecular weight is 811 g/mol. The molecule has 0 atom stereocenters. The summed E-state index contributed by atoms with van der Waals surface area (Å²) in [5, 5.41) is 7.51. The highest BCUT2D eigenvalue weighted by Crippen LogP contribution is 2.33. The molecular weight excluding hydrogens is 761 g/mol. The van der Waals surface area contributed by atoms with E-state index in [2.05, 4.69) is 96.0 Å². The zero-order valence-corrected chi connectivity index (χ0v) is 34.3. The van der Waals surface area contributed by atoms with Crippen molar-refractivity contribution in [2.45, 2.75) is 58.2 Å². The summed E-state index contributed by atoms with van der Waals surface area (Å²) in [5.74, 6) is 0.919. The summed E-state index contributed by atoms with van der Waals surface area (Å²) in [6, 6.07) is 28.8. The highest BCUT2D eigenvalue weighted by Gasteiger charge is 2.47. The highest BCUT2D eigenvalue weighted by atomic mass is 16.5. The topological polar surface area (TPSA) is 175 Å². The molecule has 0 saturated carbocycles. The Balaban J connectivity index is 1.01. The van der Waals surface area contributed by atoms with Gasteiger partial charge in [0.25, 0.3) is 0 Å². The summed E-state index contributed by atoms with van der Waals surface area (Å²) in [7, 11) is 2.57. The molecule has 14 nitrogen and oxygen atoms in total. The van der Waals surface area contributed by atoms with Crippen molar-refractivity contribution in [3.8, 4) is 33.6 Å². The van der Waals surface area contributed by atoms with Crippen LogP contribution in [0, 0.1) is 0 Å². The van der Waals surface area contributed by atoms with Crippen LogP contribution in [-0.4, -0.2) is 93.1 Å². The Labute approximate surface area is 348 Å². The maximum absolute atomic E-state index is 14.3. The van der Waals surface area contributed by atoms with Gasteiger partial charge in [-0.25, -0.2) is 19.6 Å². The molecule has 6 aromatic rings. The predicted octanol–water partition coefficient (Wildman–Crippen LogP) is 7.01. The molecule has 14 heteroatoms. The molecule has 310 valence electrons. The van der Waals surface area contributed by atoms with E-state index >= 15 is 0 Å². The number of fused-ring (bicyclic) bond motifs is 2. The van der Waals surface area contributed by atoms with Crippen LogP contribution in [0.15, 0.2) is 97.3 Å². The Hall–Kier alpha value is -6.96. The van der Waals surface area contributed by atoms with Crippen molar-refractivity contribution in [1.29, 1.82) is 0 Å². The lowest BCUT2D eigenvalue weighted by molar-refractivity contribution is -0.138. The lowest BCUT2D eigenvalue weighted by atomic mass is 9.93. The van der Waals surface area contributed by atoms with Crippen LogP contribution in [0.1, 0.15) is 49.5 Å². The Kier molecular flexibility index (Phi) is 12.6. The molecule has 0 aliphatic heterocycles. The zero-order chi connectivity index (χ0) is 42.2. The number of methoxy groups -OCH3 is 2. The smallest absolute Gasteiger partial charge is 0.407 e. The summed E-state index contributed by atoms with van der Waals surface area (Å²) >= 11 is 0. The van der Waals surface area contributed by atoms with E-state index in [4.69, 9.17) is 4.74 Å². The number of hydrogen-bond acceptors (Lipinski definition) is 8. The van der Waals surface area contributed by atoms with E-state index in [0.29, 0.717) is 44.1 Å². The maximum atomic E-state index is 14.3. The van der Waals surface area contributed by atoms with Gasteiger partial charge in [0.05, 0.1) is 51.1 Å². The van der Waals surface area contributed by atoms with Crippen molar-refractivity contribution < 1.29 is 28.7 Å². The number of aromatic amines is 2. The number of aromatic nitrogens is 4. The Morgan fingerprint density at radius 1 is 0.667 bits per heavy atom. The normalized spacial score (nSPS) is 12.7. The van der Waals surface area contributed by atoms with E-state index in [1.165, 1.54) is 14.2 Å². The predicted molar refractivity (Wildman–Crippen MR) is 228 cm³/mol. The summed E-state index contributed by atoms with van der Waals surface area (Å²) in [4.78, 5) is 70.4. The SMILES string of the molecule is CCCN(Cc1ncc(-c2ccc3cc(-c4ccc(-c5cnc(CN(CCC)C(=O)C6(NC(=O)OC)Cc7ccccc7C6)[nH]5)cc4)ccc3c2)[nH]1)C(=O)CNC(=O)OC. The standard InChI is InChI=1S/C46H50N8O6/c1-5-19-53(42(55)27-49-44(57)59-3)28-40-48-26-39(51-40)35-18-17-33-21-32(15-16-34(33)22-35)30-11-13-31(14-12-30)38-25-47-41(50-38)29-54(20-6-2)43(56)46(52-45(58)60-4)23-36-9-7-8-10-37(36)24-46/h7-18,21-22,25-26H,5-6,19-20,23-24,27-29H2,1-4H3,(H,47,50)(H,48,51)(H,49,57)(H,52,58). The Bertz CT molecular complexity index is 2470. The minimum absolute atomic E-state index is 0.150. The van der Waals surface area contributed by atoms with Gasteiger partial charge in [0, 0.05) is 31.5 Å². The molecule has 60 heavy (non-hydrogen) atoms.